The molecular weight excluding hydrogens is 214 g/mol. The van der Waals surface area contributed by atoms with Crippen LogP contribution in [0.25, 0.3) is 22.2 Å². The van der Waals surface area contributed by atoms with Crippen LogP contribution in [-0.4, -0.2) is 20.4 Å². The molecule has 0 amide bonds. The molecule has 4 nitrogen and oxygen atoms in total. The maximum absolute atomic E-state index is 9.27. The van der Waals surface area contributed by atoms with Gasteiger partial charge in [0.25, 0.3) is 0 Å². The minimum atomic E-state index is 0.613. The van der Waals surface area contributed by atoms with Crippen molar-refractivity contribution >= 4 is 11.0 Å². The lowest BCUT2D eigenvalue weighted by Gasteiger charge is -2.02. The zero-order chi connectivity index (χ0) is 11.8. The third kappa shape index (κ3) is 1.63. The van der Waals surface area contributed by atoms with E-state index in [0.717, 1.165) is 11.1 Å². The van der Waals surface area contributed by atoms with Crippen LogP contribution >= 0.6 is 0 Å². The Morgan fingerprint density at radius 1 is 1.00 bits per heavy atom. The fourth-order valence-electron chi connectivity index (χ4n) is 1.89. The summed E-state index contributed by atoms with van der Waals surface area (Å²) in [7, 11) is 0. The van der Waals surface area contributed by atoms with Crippen LogP contribution in [-0.2, 0) is 0 Å². The molecule has 3 aromatic rings. The van der Waals surface area contributed by atoms with E-state index in [4.69, 9.17) is 0 Å². The van der Waals surface area contributed by atoms with Gasteiger partial charge in [0.1, 0.15) is 11.0 Å². The van der Waals surface area contributed by atoms with Crippen LogP contribution in [0.2, 0.25) is 0 Å². The van der Waals surface area contributed by atoms with Crippen molar-refractivity contribution < 1.29 is 5.21 Å². The molecule has 0 fully saturated rings. The molecule has 0 aliphatic heterocycles. The third-order valence-corrected chi connectivity index (χ3v) is 2.76. The summed E-state index contributed by atoms with van der Waals surface area (Å²) in [4.78, 5) is 0.613. The van der Waals surface area contributed by atoms with E-state index in [0.29, 0.717) is 16.0 Å². The van der Waals surface area contributed by atoms with Crippen molar-refractivity contribution in [2.75, 3.05) is 0 Å². The summed E-state index contributed by atoms with van der Waals surface area (Å²) < 4.78 is 0. The lowest BCUT2D eigenvalue weighted by Crippen LogP contribution is -1.93. The van der Waals surface area contributed by atoms with Crippen molar-refractivity contribution in [2.45, 2.75) is 6.92 Å². The van der Waals surface area contributed by atoms with Gasteiger partial charge in [0.15, 0.2) is 0 Å². The Morgan fingerprint density at radius 3 is 2.53 bits per heavy atom. The topological polar surface area (TPSA) is 50.9 Å². The van der Waals surface area contributed by atoms with Gasteiger partial charge < -0.3 is 5.21 Å². The zero-order valence-corrected chi connectivity index (χ0v) is 9.33. The Labute approximate surface area is 98.1 Å². The van der Waals surface area contributed by atoms with Crippen molar-refractivity contribution in [3.63, 3.8) is 0 Å². The van der Waals surface area contributed by atoms with E-state index in [1.165, 1.54) is 5.56 Å². The van der Waals surface area contributed by atoms with E-state index in [2.05, 4.69) is 22.3 Å². The number of benzene rings is 2. The molecule has 0 radical (unpaired) electrons. The van der Waals surface area contributed by atoms with Crippen molar-refractivity contribution in [1.29, 1.82) is 0 Å². The van der Waals surface area contributed by atoms with E-state index >= 15 is 0 Å². The first-order chi connectivity index (χ1) is 8.24. The SMILES string of the molecule is Cc1ccc(-c2cccc3nn(O)nc23)cc1. The van der Waals surface area contributed by atoms with Crippen LogP contribution in [0.5, 0.6) is 0 Å². The van der Waals surface area contributed by atoms with Gasteiger partial charge in [0.05, 0.1) is 0 Å². The van der Waals surface area contributed by atoms with E-state index in [9.17, 15) is 5.21 Å². The molecule has 2 aromatic carbocycles. The first kappa shape index (κ1) is 9.84. The highest BCUT2D eigenvalue weighted by Crippen LogP contribution is 2.26. The molecule has 0 saturated carbocycles. The van der Waals surface area contributed by atoms with E-state index < -0.39 is 0 Å². The molecule has 0 saturated heterocycles. The lowest BCUT2D eigenvalue weighted by atomic mass is 10.0. The highest BCUT2D eigenvalue weighted by molar-refractivity contribution is 5.91. The standard InChI is InChI=1S/C13H11N3O/c1-9-5-7-10(8-6-9)11-3-2-4-12-13(11)15-16(17)14-12/h2-8,17H,1H3. The molecule has 1 heterocycles. The van der Waals surface area contributed by atoms with Gasteiger partial charge in [0.2, 0.25) is 0 Å². The second-order valence-electron chi connectivity index (χ2n) is 4.01. The van der Waals surface area contributed by atoms with Gasteiger partial charge in [-0.2, -0.15) is 0 Å². The van der Waals surface area contributed by atoms with Gasteiger partial charge in [0, 0.05) is 5.56 Å². The first-order valence-electron chi connectivity index (χ1n) is 5.36. The Kier molecular flexibility index (Phi) is 2.08. The molecule has 1 aromatic heterocycles. The number of aromatic nitrogens is 3. The molecule has 1 N–H and O–H groups in total. The summed E-state index contributed by atoms with van der Waals surface area (Å²) in [6, 6.07) is 13.9. The molecule has 17 heavy (non-hydrogen) atoms. The largest absolute Gasteiger partial charge is 0.396 e. The molecule has 0 aliphatic rings. The van der Waals surface area contributed by atoms with Crippen molar-refractivity contribution in [1.82, 2.24) is 15.2 Å². The third-order valence-electron chi connectivity index (χ3n) is 2.76. The monoisotopic (exact) mass is 225 g/mol. The maximum atomic E-state index is 9.27. The maximum Gasteiger partial charge on any atom is 0.124 e. The van der Waals surface area contributed by atoms with Gasteiger partial charge in [-0.1, -0.05) is 42.0 Å². The lowest BCUT2D eigenvalue weighted by molar-refractivity contribution is 0.113. The van der Waals surface area contributed by atoms with Crippen LogP contribution in [0.15, 0.2) is 42.5 Å². The van der Waals surface area contributed by atoms with Gasteiger partial charge in [-0.05, 0) is 23.5 Å². The average Bonchev–Trinajstić information content (AvgIpc) is 2.70. The Balaban J connectivity index is 2.26. The van der Waals surface area contributed by atoms with Crippen molar-refractivity contribution in [3.8, 4) is 11.1 Å². The normalized spacial score (nSPS) is 10.9. The predicted octanol–water partition coefficient (Wildman–Crippen LogP) is 2.64. The molecule has 0 aliphatic carbocycles. The molecule has 3 rings (SSSR count). The Morgan fingerprint density at radius 2 is 1.76 bits per heavy atom. The fourth-order valence-corrected chi connectivity index (χ4v) is 1.89. The van der Waals surface area contributed by atoms with E-state index in [1.807, 2.05) is 37.3 Å². The number of nitrogens with zero attached hydrogens (tertiary/aromatic N) is 3. The summed E-state index contributed by atoms with van der Waals surface area (Å²) in [5.74, 6) is 0. The second-order valence-corrected chi connectivity index (χ2v) is 4.01. The molecule has 0 atom stereocenters. The molecule has 0 bridgehead atoms. The van der Waals surface area contributed by atoms with Crippen molar-refractivity contribution in [3.05, 3.63) is 48.0 Å². The molecule has 4 heteroatoms. The fraction of sp³-hybridized carbons (Fsp3) is 0.0769. The van der Waals surface area contributed by atoms with Crippen LogP contribution in [0.1, 0.15) is 5.56 Å². The number of aryl methyl sites for hydroxylation is 1. The molecule has 84 valence electrons. The highest BCUT2D eigenvalue weighted by Gasteiger charge is 2.08. The van der Waals surface area contributed by atoms with Gasteiger partial charge in [-0.3, -0.25) is 0 Å². The number of hydrogen-bond donors (Lipinski definition) is 1. The smallest absolute Gasteiger partial charge is 0.124 e. The minimum absolute atomic E-state index is 0.613. The van der Waals surface area contributed by atoms with Crippen molar-refractivity contribution in [2.24, 2.45) is 0 Å². The molecular formula is C13H11N3O. The number of hydrogen-bond acceptors (Lipinski definition) is 3. The first-order valence-corrected chi connectivity index (χ1v) is 5.36. The number of fused-ring (bicyclic) bond motifs is 1. The zero-order valence-electron chi connectivity index (χ0n) is 9.33. The predicted molar refractivity (Wildman–Crippen MR) is 64.9 cm³/mol. The van der Waals surface area contributed by atoms with Gasteiger partial charge in [-0.25, -0.2) is 0 Å². The van der Waals surface area contributed by atoms with Crippen LogP contribution in [0, 0.1) is 6.92 Å². The minimum Gasteiger partial charge on any atom is -0.396 e. The summed E-state index contributed by atoms with van der Waals surface area (Å²) in [5, 5.41) is 17.1. The van der Waals surface area contributed by atoms with Crippen LogP contribution in [0.3, 0.4) is 0 Å². The summed E-state index contributed by atoms with van der Waals surface area (Å²) >= 11 is 0. The highest BCUT2D eigenvalue weighted by atomic mass is 16.5. The Hall–Kier alpha value is -2.36. The van der Waals surface area contributed by atoms with Gasteiger partial charge >= 0.3 is 0 Å². The Bertz CT molecular complexity index is 671. The van der Waals surface area contributed by atoms with Crippen LogP contribution in [0.4, 0.5) is 0 Å². The van der Waals surface area contributed by atoms with E-state index in [-0.39, 0.29) is 0 Å². The summed E-state index contributed by atoms with van der Waals surface area (Å²) in [6.07, 6.45) is 0. The summed E-state index contributed by atoms with van der Waals surface area (Å²) in [6.45, 7) is 2.05. The summed E-state index contributed by atoms with van der Waals surface area (Å²) in [5.41, 5.74) is 4.65. The number of rotatable bonds is 1. The second kappa shape index (κ2) is 3.59. The average molecular weight is 225 g/mol. The molecule has 0 unspecified atom stereocenters. The quantitative estimate of drug-likeness (QED) is 0.648. The van der Waals surface area contributed by atoms with Gasteiger partial charge in [-0.15, -0.1) is 10.2 Å². The van der Waals surface area contributed by atoms with E-state index in [1.54, 1.807) is 0 Å². The molecule has 0 spiro atoms. The van der Waals surface area contributed by atoms with Crippen LogP contribution < -0.4 is 0 Å².